The Morgan fingerprint density at radius 3 is 2.40 bits per heavy atom. The molecule has 1 atom stereocenters. The highest BCUT2D eigenvalue weighted by Crippen LogP contribution is 2.43. The summed E-state index contributed by atoms with van der Waals surface area (Å²) in [6.45, 7) is 4.50. The Bertz CT molecular complexity index is 1320. The zero-order valence-corrected chi connectivity index (χ0v) is 19.0. The van der Waals surface area contributed by atoms with Crippen molar-refractivity contribution < 1.29 is 33.3 Å². The molecule has 2 N–H and O–H groups in total. The van der Waals surface area contributed by atoms with Crippen LogP contribution in [0.4, 0.5) is 14.5 Å². The fourth-order valence-corrected chi connectivity index (χ4v) is 3.89. The molecule has 0 aliphatic carbocycles. The van der Waals surface area contributed by atoms with Crippen LogP contribution in [0.2, 0.25) is 0 Å². The summed E-state index contributed by atoms with van der Waals surface area (Å²) in [6, 6.07) is 13.2. The van der Waals surface area contributed by atoms with Crippen LogP contribution in [0.5, 0.6) is 11.5 Å². The van der Waals surface area contributed by atoms with E-state index in [1.807, 2.05) is 13.8 Å². The summed E-state index contributed by atoms with van der Waals surface area (Å²) in [4.78, 5) is 26.9. The molecular formula is C27H23F2NO5. The van der Waals surface area contributed by atoms with Crippen molar-refractivity contribution in [1.29, 1.82) is 0 Å². The van der Waals surface area contributed by atoms with E-state index in [9.17, 15) is 28.6 Å². The number of anilines is 1. The van der Waals surface area contributed by atoms with E-state index < -0.39 is 40.8 Å². The van der Waals surface area contributed by atoms with Crippen molar-refractivity contribution in [2.75, 3.05) is 11.5 Å². The Morgan fingerprint density at radius 2 is 1.74 bits per heavy atom. The number of carbonyl (C=O) groups is 2. The number of rotatable bonds is 6. The molecule has 0 aromatic heterocycles. The highest BCUT2D eigenvalue weighted by molar-refractivity contribution is 6.51. The van der Waals surface area contributed by atoms with E-state index in [0.29, 0.717) is 18.3 Å². The van der Waals surface area contributed by atoms with E-state index in [0.717, 1.165) is 23.1 Å². The molecule has 4 rings (SSSR count). The van der Waals surface area contributed by atoms with Crippen molar-refractivity contribution >= 4 is 23.1 Å². The number of hydrogen-bond acceptors (Lipinski definition) is 5. The molecule has 8 heteroatoms. The second kappa shape index (κ2) is 9.58. The van der Waals surface area contributed by atoms with Gasteiger partial charge in [0.2, 0.25) is 0 Å². The number of aliphatic hydroxyl groups excluding tert-OH is 1. The van der Waals surface area contributed by atoms with Crippen molar-refractivity contribution in [2.45, 2.75) is 19.9 Å². The molecule has 1 aliphatic heterocycles. The number of hydrogen-bond donors (Lipinski definition) is 2. The first-order chi connectivity index (χ1) is 16.7. The molecule has 1 amide bonds. The monoisotopic (exact) mass is 479 g/mol. The van der Waals surface area contributed by atoms with E-state index in [4.69, 9.17) is 4.74 Å². The van der Waals surface area contributed by atoms with Crippen LogP contribution in [-0.4, -0.2) is 28.5 Å². The van der Waals surface area contributed by atoms with Gasteiger partial charge < -0.3 is 14.9 Å². The summed E-state index contributed by atoms with van der Waals surface area (Å²) >= 11 is 0. The topological polar surface area (TPSA) is 87.1 Å². The zero-order chi connectivity index (χ0) is 25.3. The van der Waals surface area contributed by atoms with Gasteiger partial charge in [0.25, 0.3) is 11.7 Å². The lowest BCUT2D eigenvalue weighted by molar-refractivity contribution is -0.132. The van der Waals surface area contributed by atoms with Gasteiger partial charge in [-0.2, -0.15) is 0 Å². The number of Topliss-reactive ketones (excluding diaryl/α,β-unsaturated/α-hetero) is 1. The lowest BCUT2D eigenvalue weighted by Crippen LogP contribution is -2.30. The number of benzene rings is 3. The molecular weight excluding hydrogens is 456 g/mol. The molecule has 0 bridgehead atoms. The third kappa shape index (κ3) is 4.73. The fraction of sp³-hybridized carbons (Fsp3) is 0.185. The SMILES string of the molecule is CC(C)COc1ccc(/C(O)=C2\C(=O)C(=O)N(c3cc(F)ccc3F)C2c2cccc(O)c2)cc1. The van der Waals surface area contributed by atoms with E-state index in [1.54, 1.807) is 12.1 Å². The number of phenols is 1. The molecule has 1 fully saturated rings. The van der Waals surface area contributed by atoms with E-state index in [-0.39, 0.29) is 22.4 Å². The molecule has 3 aromatic carbocycles. The number of halogens is 2. The van der Waals surface area contributed by atoms with Crippen LogP contribution in [0, 0.1) is 17.6 Å². The molecule has 1 heterocycles. The predicted octanol–water partition coefficient (Wildman–Crippen LogP) is 5.33. The minimum atomic E-state index is -1.31. The van der Waals surface area contributed by atoms with E-state index in [1.165, 1.54) is 36.4 Å². The number of nitrogens with zero attached hydrogens (tertiary/aromatic N) is 1. The van der Waals surface area contributed by atoms with Gasteiger partial charge in [0.15, 0.2) is 0 Å². The molecule has 180 valence electrons. The average Bonchev–Trinajstić information content (AvgIpc) is 3.09. The van der Waals surface area contributed by atoms with Gasteiger partial charge >= 0.3 is 0 Å². The molecule has 6 nitrogen and oxygen atoms in total. The number of amides is 1. The molecule has 0 radical (unpaired) electrons. The standard InChI is InChI=1S/C27H23F2NO5/c1-15(2)14-35-20-9-6-16(7-10-20)25(32)23-24(17-4-3-5-19(31)12-17)30(27(34)26(23)33)22-13-18(28)8-11-21(22)29/h3-13,15,24,31-32H,14H2,1-2H3/b25-23+. The van der Waals surface area contributed by atoms with Crippen molar-refractivity contribution in [3.05, 3.63) is 95.1 Å². The molecule has 1 aliphatic rings. The Morgan fingerprint density at radius 1 is 1.03 bits per heavy atom. The summed E-state index contributed by atoms with van der Waals surface area (Å²) in [5, 5.41) is 21.1. The van der Waals surface area contributed by atoms with Crippen LogP contribution >= 0.6 is 0 Å². The van der Waals surface area contributed by atoms with Crippen LogP contribution in [0.1, 0.15) is 31.0 Å². The smallest absolute Gasteiger partial charge is 0.300 e. The first kappa shape index (κ1) is 23.9. The van der Waals surface area contributed by atoms with Crippen LogP contribution in [0.3, 0.4) is 0 Å². The van der Waals surface area contributed by atoms with Gasteiger partial charge in [-0.25, -0.2) is 8.78 Å². The molecule has 3 aromatic rings. The maximum absolute atomic E-state index is 14.7. The number of carbonyl (C=O) groups excluding carboxylic acids is 2. The van der Waals surface area contributed by atoms with Gasteiger partial charge in [0.1, 0.15) is 28.9 Å². The van der Waals surface area contributed by atoms with Crippen molar-refractivity contribution in [1.82, 2.24) is 0 Å². The Balaban J connectivity index is 1.86. The van der Waals surface area contributed by atoms with Crippen LogP contribution < -0.4 is 9.64 Å². The minimum absolute atomic E-state index is 0.167. The van der Waals surface area contributed by atoms with Crippen molar-refractivity contribution in [3.8, 4) is 11.5 Å². The normalized spacial score (nSPS) is 17.3. The highest BCUT2D eigenvalue weighted by atomic mass is 19.1. The van der Waals surface area contributed by atoms with Crippen LogP contribution in [-0.2, 0) is 9.59 Å². The largest absolute Gasteiger partial charge is 0.508 e. The second-order valence-corrected chi connectivity index (χ2v) is 8.59. The Kier molecular flexibility index (Phi) is 6.55. The highest BCUT2D eigenvalue weighted by Gasteiger charge is 2.48. The fourth-order valence-electron chi connectivity index (χ4n) is 3.89. The first-order valence-corrected chi connectivity index (χ1v) is 11.0. The van der Waals surface area contributed by atoms with Crippen molar-refractivity contribution in [2.24, 2.45) is 5.92 Å². The second-order valence-electron chi connectivity index (χ2n) is 8.59. The first-order valence-electron chi connectivity index (χ1n) is 11.0. The van der Waals surface area contributed by atoms with E-state index >= 15 is 0 Å². The van der Waals surface area contributed by atoms with Gasteiger partial charge in [-0.15, -0.1) is 0 Å². The number of phenolic OH excluding ortho intramolecular Hbond substituents is 1. The van der Waals surface area contributed by atoms with Gasteiger partial charge in [-0.3, -0.25) is 14.5 Å². The predicted molar refractivity (Wildman–Crippen MR) is 126 cm³/mol. The van der Waals surface area contributed by atoms with E-state index in [2.05, 4.69) is 0 Å². The van der Waals surface area contributed by atoms with Crippen molar-refractivity contribution in [3.63, 3.8) is 0 Å². The quantitative estimate of drug-likeness (QED) is 0.283. The third-order valence-electron chi connectivity index (χ3n) is 5.51. The molecule has 1 saturated heterocycles. The summed E-state index contributed by atoms with van der Waals surface area (Å²) in [5.41, 5.74) is -0.326. The molecule has 0 saturated carbocycles. The van der Waals surface area contributed by atoms with Gasteiger partial charge in [0, 0.05) is 11.6 Å². The van der Waals surface area contributed by atoms with Crippen LogP contribution in [0.25, 0.3) is 5.76 Å². The van der Waals surface area contributed by atoms with Gasteiger partial charge in [0.05, 0.1) is 23.9 Å². The number of ketones is 1. The summed E-state index contributed by atoms with van der Waals surface area (Å²) < 4.78 is 34.3. The summed E-state index contributed by atoms with van der Waals surface area (Å²) in [7, 11) is 0. The molecule has 0 spiro atoms. The summed E-state index contributed by atoms with van der Waals surface area (Å²) in [5.74, 6) is -3.74. The van der Waals surface area contributed by atoms with Gasteiger partial charge in [-0.1, -0.05) is 26.0 Å². The third-order valence-corrected chi connectivity index (χ3v) is 5.51. The number of aliphatic hydroxyl groups is 1. The summed E-state index contributed by atoms with van der Waals surface area (Å²) in [6.07, 6.45) is 0. The lowest BCUT2D eigenvalue weighted by atomic mass is 9.95. The van der Waals surface area contributed by atoms with Crippen LogP contribution in [0.15, 0.2) is 72.3 Å². The molecule has 1 unspecified atom stereocenters. The lowest BCUT2D eigenvalue weighted by Gasteiger charge is -2.26. The Labute approximate surface area is 200 Å². The average molecular weight is 479 g/mol. The zero-order valence-electron chi connectivity index (χ0n) is 19.0. The number of aromatic hydroxyl groups is 1. The Hall–Kier alpha value is -4.20. The maximum Gasteiger partial charge on any atom is 0.300 e. The maximum atomic E-state index is 14.7. The minimum Gasteiger partial charge on any atom is -0.508 e. The number of ether oxygens (including phenoxy) is 1. The van der Waals surface area contributed by atoms with Gasteiger partial charge in [-0.05, 0) is 60.0 Å². The molecule has 35 heavy (non-hydrogen) atoms.